The standard InChI is InChI=1S/C6H9BN4/c1-9-6-5(11-8)2-4(7)3-10-6/h2-3,11H,8H2,1H3,(H,9,10). The average molecular weight is 148 g/mol. The largest absolute Gasteiger partial charge is 0.371 e. The fraction of sp³-hybridized carbons (Fsp3) is 0.167. The van der Waals surface area contributed by atoms with Crippen LogP contribution in [0.15, 0.2) is 12.3 Å². The number of hydrazine groups is 1. The van der Waals surface area contributed by atoms with Gasteiger partial charge in [-0.05, 0) is 6.07 Å². The maximum Gasteiger partial charge on any atom is 0.150 e. The fourth-order valence-electron chi connectivity index (χ4n) is 0.790. The quantitative estimate of drug-likeness (QED) is 0.292. The zero-order valence-corrected chi connectivity index (χ0v) is 6.26. The van der Waals surface area contributed by atoms with Crippen LogP contribution in [-0.2, 0) is 0 Å². The lowest BCUT2D eigenvalue weighted by Gasteiger charge is -2.07. The van der Waals surface area contributed by atoms with Gasteiger partial charge in [-0.2, -0.15) is 0 Å². The van der Waals surface area contributed by atoms with Crippen LogP contribution in [0.3, 0.4) is 0 Å². The zero-order valence-electron chi connectivity index (χ0n) is 6.26. The smallest absolute Gasteiger partial charge is 0.150 e. The number of anilines is 2. The van der Waals surface area contributed by atoms with Crippen molar-refractivity contribution in [1.82, 2.24) is 4.98 Å². The van der Waals surface area contributed by atoms with Gasteiger partial charge in [0.15, 0.2) is 0 Å². The first kappa shape index (κ1) is 7.88. The number of nitrogens with two attached hydrogens (primary N) is 1. The van der Waals surface area contributed by atoms with E-state index in [9.17, 15) is 0 Å². The van der Waals surface area contributed by atoms with Crippen LogP contribution in [0, 0.1) is 0 Å². The molecule has 1 rings (SSSR count). The number of nitrogens with zero attached hydrogens (tertiary/aromatic N) is 1. The molecule has 1 aromatic heterocycles. The molecule has 1 heterocycles. The molecule has 4 nitrogen and oxygen atoms in total. The predicted molar refractivity (Wildman–Crippen MR) is 47.0 cm³/mol. The normalized spacial score (nSPS) is 9.27. The highest BCUT2D eigenvalue weighted by Crippen LogP contribution is 2.13. The van der Waals surface area contributed by atoms with E-state index in [1.807, 2.05) is 0 Å². The molecule has 0 aliphatic rings. The highest BCUT2D eigenvalue weighted by molar-refractivity contribution is 6.32. The number of rotatable bonds is 2. The maximum atomic E-state index is 5.47. The van der Waals surface area contributed by atoms with Gasteiger partial charge in [-0.1, -0.05) is 5.46 Å². The Balaban J connectivity index is 3.06. The van der Waals surface area contributed by atoms with Crippen molar-refractivity contribution in [2.75, 3.05) is 17.8 Å². The molecule has 0 atom stereocenters. The number of nitrogen functional groups attached to an aromatic ring is 1. The number of aromatic nitrogens is 1. The summed E-state index contributed by atoms with van der Waals surface area (Å²) in [7, 11) is 7.24. The van der Waals surface area contributed by atoms with Gasteiger partial charge in [0.05, 0.1) is 5.69 Å². The van der Waals surface area contributed by atoms with Crippen LogP contribution in [-0.4, -0.2) is 19.9 Å². The topological polar surface area (TPSA) is 63.0 Å². The number of pyridine rings is 1. The Hall–Kier alpha value is -1.23. The lowest BCUT2D eigenvalue weighted by molar-refractivity contribution is 1.26. The molecule has 0 aliphatic carbocycles. The third-order valence-corrected chi connectivity index (χ3v) is 1.30. The Morgan fingerprint density at radius 1 is 1.64 bits per heavy atom. The molecule has 0 spiro atoms. The SMILES string of the molecule is [B]c1cnc(NC)c(NN)c1. The highest BCUT2D eigenvalue weighted by atomic mass is 15.2. The van der Waals surface area contributed by atoms with E-state index in [4.69, 9.17) is 13.7 Å². The molecule has 2 radical (unpaired) electrons. The Morgan fingerprint density at radius 2 is 2.36 bits per heavy atom. The van der Waals surface area contributed by atoms with Gasteiger partial charge in [-0.15, -0.1) is 0 Å². The van der Waals surface area contributed by atoms with Crippen LogP contribution in [0.2, 0.25) is 0 Å². The summed E-state index contributed by atoms with van der Waals surface area (Å²) < 4.78 is 0. The molecule has 5 heteroatoms. The van der Waals surface area contributed by atoms with Gasteiger partial charge in [0, 0.05) is 13.2 Å². The van der Waals surface area contributed by atoms with E-state index >= 15 is 0 Å². The average Bonchev–Trinajstić information content (AvgIpc) is 2.04. The summed E-state index contributed by atoms with van der Waals surface area (Å²) >= 11 is 0. The van der Waals surface area contributed by atoms with Gasteiger partial charge in [0.25, 0.3) is 0 Å². The van der Waals surface area contributed by atoms with Gasteiger partial charge in [-0.25, -0.2) is 4.98 Å². The van der Waals surface area contributed by atoms with Crippen molar-refractivity contribution < 1.29 is 0 Å². The van der Waals surface area contributed by atoms with Crippen molar-refractivity contribution in [2.24, 2.45) is 5.84 Å². The van der Waals surface area contributed by atoms with Crippen LogP contribution in [0.25, 0.3) is 0 Å². The molecule has 0 saturated heterocycles. The maximum absolute atomic E-state index is 5.47. The van der Waals surface area contributed by atoms with Crippen LogP contribution >= 0.6 is 0 Å². The molecule has 4 N–H and O–H groups in total. The second-order valence-corrected chi connectivity index (χ2v) is 2.06. The molecule has 0 aliphatic heterocycles. The Morgan fingerprint density at radius 3 is 2.91 bits per heavy atom. The van der Waals surface area contributed by atoms with Crippen molar-refractivity contribution in [3.8, 4) is 0 Å². The van der Waals surface area contributed by atoms with Gasteiger partial charge in [-0.3, -0.25) is 5.84 Å². The van der Waals surface area contributed by atoms with Crippen molar-refractivity contribution in [3.63, 3.8) is 0 Å². The third kappa shape index (κ3) is 1.62. The molecule has 0 unspecified atom stereocenters. The summed E-state index contributed by atoms with van der Waals surface area (Å²) in [5.41, 5.74) is 3.75. The van der Waals surface area contributed by atoms with Gasteiger partial charge in [0.1, 0.15) is 13.7 Å². The Bertz CT molecular complexity index is 250. The lowest BCUT2D eigenvalue weighted by atomic mass is 9.98. The monoisotopic (exact) mass is 148 g/mol. The Kier molecular flexibility index (Phi) is 2.33. The predicted octanol–water partition coefficient (Wildman–Crippen LogP) is -0.797. The van der Waals surface area contributed by atoms with Crippen molar-refractivity contribution in [2.45, 2.75) is 0 Å². The lowest BCUT2D eigenvalue weighted by Crippen LogP contribution is -2.14. The summed E-state index contributed by atoms with van der Waals surface area (Å²) in [6.07, 6.45) is 1.56. The summed E-state index contributed by atoms with van der Waals surface area (Å²) in [4.78, 5) is 3.99. The van der Waals surface area contributed by atoms with E-state index in [0.717, 1.165) is 0 Å². The molecule has 0 fully saturated rings. The van der Waals surface area contributed by atoms with Gasteiger partial charge < -0.3 is 10.7 Å². The van der Waals surface area contributed by atoms with Crippen LogP contribution in [0.1, 0.15) is 0 Å². The summed E-state index contributed by atoms with van der Waals surface area (Å²) in [5, 5.41) is 2.86. The summed E-state index contributed by atoms with van der Waals surface area (Å²) in [6.45, 7) is 0. The van der Waals surface area contributed by atoms with E-state index in [1.54, 1.807) is 19.3 Å². The first-order chi connectivity index (χ1) is 5.27. The van der Waals surface area contributed by atoms with E-state index in [1.165, 1.54) is 0 Å². The first-order valence-corrected chi connectivity index (χ1v) is 3.18. The minimum absolute atomic E-state index is 0.581. The van der Waals surface area contributed by atoms with Gasteiger partial charge in [0.2, 0.25) is 0 Å². The number of hydrogen-bond donors (Lipinski definition) is 3. The van der Waals surface area contributed by atoms with Crippen molar-refractivity contribution >= 4 is 24.8 Å². The van der Waals surface area contributed by atoms with E-state index < -0.39 is 0 Å². The molecule has 0 amide bonds. The molecular weight excluding hydrogens is 139 g/mol. The molecule has 0 saturated carbocycles. The van der Waals surface area contributed by atoms with Crippen LogP contribution < -0.4 is 22.0 Å². The first-order valence-electron chi connectivity index (χ1n) is 3.18. The summed E-state index contributed by atoms with van der Waals surface area (Å²) in [5.74, 6) is 5.89. The second-order valence-electron chi connectivity index (χ2n) is 2.06. The second kappa shape index (κ2) is 3.25. The molecule has 0 bridgehead atoms. The van der Waals surface area contributed by atoms with Crippen LogP contribution in [0.5, 0.6) is 0 Å². The molecular formula is C6H9BN4. The number of hydrogen-bond acceptors (Lipinski definition) is 4. The fourth-order valence-corrected chi connectivity index (χ4v) is 0.790. The zero-order chi connectivity index (χ0) is 8.27. The molecule has 56 valence electrons. The molecule has 11 heavy (non-hydrogen) atoms. The summed E-state index contributed by atoms with van der Waals surface area (Å²) in [6, 6.07) is 1.71. The van der Waals surface area contributed by atoms with Crippen LogP contribution in [0.4, 0.5) is 11.5 Å². The van der Waals surface area contributed by atoms with Crippen molar-refractivity contribution in [1.29, 1.82) is 0 Å². The number of nitrogens with one attached hydrogen (secondary N) is 2. The van der Waals surface area contributed by atoms with Gasteiger partial charge >= 0.3 is 0 Å². The molecule has 1 aromatic rings. The molecule has 0 aromatic carbocycles. The highest BCUT2D eigenvalue weighted by Gasteiger charge is 1.98. The van der Waals surface area contributed by atoms with E-state index in [-0.39, 0.29) is 0 Å². The Labute approximate surface area is 66.6 Å². The van der Waals surface area contributed by atoms with E-state index in [2.05, 4.69) is 15.7 Å². The minimum Gasteiger partial charge on any atom is -0.371 e. The van der Waals surface area contributed by atoms with Crippen molar-refractivity contribution in [3.05, 3.63) is 12.3 Å². The minimum atomic E-state index is 0.581. The van der Waals surface area contributed by atoms with E-state index in [0.29, 0.717) is 17.0 Å². The third-order valence-electron chi connectivity index (χ3n) is 1.30.